The monoisotopic (exact) mass is 365 g/mol. The lowest BCUT2D eigenvalue weighted by Crippen LogP contribution is -2.52. The van der Waals surface area contributed by atoms with E-state index in [9.17, 15) is 5.11 Å². The Morgan fingerprint density at radius 1 is 0.885 bits per heavy atom. The van der Waals surface area contributed by atoms with Crippen molar-refractivity contribution in [3.8, 4) is 0 Å². The molecule has 0 aromatic heterocycles. The molecule has 1 unspecified atom stereocenters. The summed E-state index contributed by atoms with van der Waals surface area (Å²) in [7, 11) is 0. The lowest BCUT2D eigenvalue weighted by atomic mass is 10.1. The standard InChI is InChI=1S/C23H45N2O/c1-3-5-6-7-8-9-10-11-12-13-14-15-16-17-18-23-24-19-20-25(23,4-2)21-22-26/h9-10,26H,3-8,11-22H2,1-2H3/q+1/b10-9+. The van der Waals surface area contributed by atoms with Gasteiger partial charge in [-0.05, 0) is 39.0 Å². The first kappa shape index (κ1) is 23.4. The summed E-state index contributed by atoms with van der Waals surface area (Å²) < 4.78 is 0.946. The molecule has 1 heterocycles. The van der Waals surface area contributed by atoms with Crippen molar-refractivity contribution in [2.75, 3.05) is 32.8 Å². The Bertz CT molecular complexity index is 392. The molecule has 1 N–H and O–H groups in total. The summed E-state index contributed by atoms with van der Waals surface area (Å²) in [6, 6.07) is 0. The van der Waals surface area contributed by atoms with E-state index in [1.54, 1.807) is 0 Å². The summed E-state index contributed by atoms with van der Waals surface area (Å²) in [4.78, 5) is 4.75. The molecule has 1 rings (SSSR count). The molecule has 3 nitrogen and oxygen atoms in total. The Kier molecular flexibility index (Phi) is 13.8. The zero-order valence-corrected chi connectivity index (χ0v) is 17.7. The maximum Gasteiger partial charge on any atom is 0.198 e. The third-order valence-electron chi connectivity index (χ3n) is 5.92. The molecular formula is C23H45N2O+. The summed E-state index contributed by atoms with van der Waals surface area (Å²) in [5, 5.41) is 9.36. The summed E-state index contributed by atoms with van der Waals surface area (Å²) in [6.45, 7) is 8.75. The van der Waals surface area contributed by atoms with E-state index in [1.165, 1.54) is 82.9 Å². The first-order chi connectivity index (χ1) is 12.8. The number of rotatable bonds is 17. The average Bonchev–Trinajstić information content (AvgIpc) is 3.05. The van der Waals surface area contributed by atoms with Crippen molar-refractivity contribution in [2.45, 2.75) is 97.3 Å². The van der Waals surface area contributed by atoms with E-state index >= 15 is 0 Å². The third-order valence-corrected chi connectivity index (χ3v) is 5.92. The van der Waals surface area contributed by atoms with E-state index in [4.69, 9.17) is 4.99 Å². The van der Waals surface area contributed by atoms with Crippen LogP contribution in [-0.4, -0.2) is 48.2 Å². The fraction of sp³-hybridized carbons (Fsp3) is 0.870. The van der Waals surface area contributed by atoms with E-state index in [2.05, 4.69) is 26.0 Å². The molecule has 0 bridgehead atoms. The van der Waals surface area contributed by atoms with Gasteiger partial charge in [0, 0.05) is 6.42 Å². The summed E-state index contributed by atoms with van der Waals surface area (Å²) in [5.41, 5.74) is 0. The molecule has 0 amide bonds. The lowest BCUT2D eigenvalue weighted by molar-refractivity contribution is -0.835. The van der Waals surface area contributed by atoms with Gasteiger partial charge in [-0.3, -0.25) is 4.48 Å². The van der Waals surface area contributed by atoms with Gasteiger partial charge in [-0.2, -0.15) is 0 Å². The molecule has 152 valence electrons. The van der Waals surface area contributed by atoms with Gasteiger partial charge in [-0.25, -0.2) is 4.99 Å². The largest absolute Gasteiger partial charge is 0.390 e. The van der Waals surface area contributed by atoms with E-state index in [-0.39, 0.29) is 6.61 Å². The van der Waals surface area contributed by atoms with Crippen molar-refractivity contribution in [3.05, 3.63) is 12.2 Å². The molecular weight excluding hydrogens is 320 g/mol. The molecule has 0 fully saturated rings. The first-order valence-electron chi connectivity index (χ1n) is 11.4. The molecule has 1 aliphatic rings. The summed E-state index contributed by atoms with van der Waals surface area (Å²) in [5.74, 6) is 1.35. The fourth-order valence-corrected chi connectivity index (χ4v) is 4.07. The van der Waals surface area contributed by atoms with Crippen LogP contribution in [0, 0.1) is 0 Å². The van der Waals surface area contributed by atoms with Gasteiger partial charge < -0.3 is 5.11 Å². The zero-order chi connectivity index (χ0) is 18.9. The number of nitrogens with zero attached hydrogens (tertiary/aromatic N) is 2. The van der Waals surface area contributed by atoms with Crippen molar-refractivity contribution in [3.63, 3.8) is 0 Å². The van der Waals surface area contributed by atoms with Gasteiger partial charge in [0.25, 0.3) is 0 Å². The van der Waals surface area contributed by atoms with Crippen LogP contribution in [0.5, 0.6) is 0 Å². The normalized spacial score (nSPS) is 20.2. The Morgan fingerprint density at radius 2 is 1.50 bits per heavy atom. The van der Waals surface area contributed by atoms with E-state index in [0.717, 1.165) is 37.1 Å². The number of aliphatic hydroxyl groups is 1. The summed E-state index contributed by atoms with van der Waals surface area (Å²) >= 11 is 0. The molecule has 0 aromatic carbocycles. The highest BCUT2D eigenvalue weighted by molar-refractivity contribution is 5.76. The van der Waals surface area contributed by atoms with Crippen molar-refractivity contribution in [1.29, 1.82) is 0 Å². The maximum atomic E-state index is 9.36. The van der Waals surface area contributed by atoms with Crippen molar-refractivity contribution in [1.82, 2.24) is 0 Å². The molecule has 0 aliphatic carbocycles. The quantitative estimate of drug-likeness (QED) is 0.195. The highest BCUT2D eigenvalue weighted by Gasteiger charge is 2.35. The molecule has 1 atom stereocenters. The smallest absolute Gasteiger partial charge is 0.198 e. The van der Waals surface area contributed by atoms with Crippen LogP contribution in [0.1, 0.15) is 97.3 Å². The van der Waals surface area contributed by atoms with Gasteiger partial charge in [-0.1, -0.05) is 64.0 Å². The molecule has 0 saturated carbocycles. The Labute approximate surface area is 163 Å². The Hall–Kier alpha value is -0.670. The number of amidine groups is 1. The van der Waals surface area contributed by atoms with E-state index in [0.29, 0.717) is 0 Å². The van der Waals surface area contributed by atoms with Crippen LogP contribution in [0.3, 0.4) is 0 Å². The van der Waals surface area contributed by atoms with Gasteiger partial charge in [0.15, 0.2) is 5.84 Å². The Morgan fingerprint density at radius 3 is 2.12 bits per heavy atom. The minimum Gasteiger partial charge on any atom is -0.390 e. The number of aliphatic hydroxyl groups excluding tert-OH is 1. The molecule has 0 spiro atoms. The molecule has 26 heavy (non-hydrogen) atoms. The van der Waals surface area contributed by atoms with E-state index < -0.39 is 0 Å². The number of hydrogen-bond acceptors (Lipinski definition) is 2. The van der Waals surface area contributed by atoms with Gasteiger partial charge in [0.2, 0.25) is 0 Å². The minimum absolute atomic E-state index is 0.278. The fourth-order valence-electron chi connectivity index (χ4n) is 4.07. The highest BCUT2D eigenvalue weighted by atomic mass is 16.3. The van der Waals surface area contributed by atoms with Gasteiger partial charge in [0.1, 0.15) is 13.1 Å². The number of unbranched alkanes of at least 4 members (excludes halogenated alkanes) is 10. The van der Waals surface area contributed by atoms with Crippen molar-refractivity contribution in [2.24, 2.45) is 4.99 Å². The minimum atomic E-state index is 0.278. The Balaban J connectivity index is 1.96. The van der Waals surface area contributed by atoms with Crippen LogP contribution < -0.4 is 0 Å². The van der Waals surface area contributed by atoms with Gasteiger partial charge in [0.05, 0.1) is 19.7 Å². The van der Waals surface area contributed by atoms with Crippen LogP contribution in [0.25, 0.3) is 0 Å². The van der Waals surface area contributed by atoms with Crippen LogP contribution in [0.15, 0.2) is 17.1 Å². The lowest BCUT2D eigenvalue weighted by Gasteiger charge is -2.33. The van der Waals surface area contributed by atoms with Crippen molar-refractivity contribution >= 4 is 5.84 Å². The zero-order valence-electron chi connectivity index (χ0n) is 17.7. The van der Waals surface area contributed by atoms with Crippen LogP contribution in [0.4, 0.5) is 0 Å². The molecule has 3 heteroatoms. The van der Waals surface area contributed by atoms with Crippen LogP contribution in [-0.2, 0) is 0 Å². The van der Waals surface area contributed by atoms with Crippen LogP contribution >= 0.6 is 0 Å². The maximum absolute atomic E-state index is 9.36. The molecule has 1 aliphatic heterocycles. The highest BCUT2D eigenvalue weighted by Crippen LogP contribution is 2.20. The number of aliphatic imine (C=N–C) groups is 1. The topological polar surface area (TPSA) is 32.6 Å². The third kappa shape index (κ3) is 9.32. The van der Waals surface area contributed by atoms with Crippen molar-refractivity contribution < 1.29 is 9.59 Å². The molecule has 0 saturated heterocycles. The molecule has 0 aromatic rings. The van der Waals surface area contributed by atoms with E-state index in [1.807, 2.05) is 0 Å². The number of allylic oxidation sites excluding steroid dienone is 2. The van der Waals surface area contributed by atoms with Crippen LogP contribution in [0.2, 0.25) is 0 Å². The second kappa shape index (κ2) is 15.4. The predicted octanol–water partition coefficient (Wildman–Crippen LogP) is 5.87. The van der Waals surface area contributed by atoms with Gasteiger partial charge in [-0.15, -0.1) is 0 Å². The summed E-state index contributed by atoms with van der Waals surface area (Å²) in [6.07, 6.45) is 22.0. The first-order valence-corrected chi connectivity index (χ1v) is 11.4. The average molecular weight is 366 g/mol. The second-order valence-corrected chi connectivity index (χ2v) is 7.91. The number of quaternary nitrogens is 1. The predicted molar refractivity (Wildman–Crippen MR) is 115 cm³/mol. The second-order valence-electron chi connectivity index (χ2n) is 7.91. The number of hydrogen-bond donors (Lipinski definition) is 1. The number of likely N-dealkylation sites (N-methyl/N-ethyl adjacent to an activating group) is 1. The SMILES string of the molecule is CCCCCC/C=C/CCCCCCCCC1=NCC[N+]1(CC)CCO. The van der Waals surface area contributed by atoms with Gasteiger partial charge >= 0.3 is 0 Å². The molecule has 0 radical (unpaired) electrons.